The number of carbonyl (C=O) groups is 1. The molecule has 1 aromatic carbocycles. The van der Waals surface area contributed by atoms with Crippen molar-refractivity contribution >= 4 is 24.2 Å². The third-order valence-corrected chi connectivity index (χ3v) is 5.05. The van der Waals surface area contributed by atoms with Crippen LogP contribution in [0.1, 0.15) is 39.7 Å². The zero-order valence-corrected chi connectivity index (χ0v) is 13.7. The van der Waals surface area contributed by atoms with Crippen molar-refractivity contribution in [3.63, 3.8) is 0 Å². The van der Waals surface area contributed by atoms with E-state index in [1.165, 1.54) is 11.0 Å². The fourth-order valence-corrected chi connectivity index (χ4v) is 2.83. The van der Waals surface area contributed by atoms with E-state index in [9.17, 15) is 9.18 Å². The van der Waals surface area contributed by atoms with Crippen molar-refractivity contribution in [2.24, 2.45) is 0 Å². The number of benzene rings is 1. The van der Waals surface area contributed by atoms with Crippen molar-refractivity contribution in [1.82, 2.24) is 0 Å². The average Bonchev–Trinajstić information content (AvgIpc) is 2.63. The number of nitrogens with zero attached hydrogens (tertiary/aromatic N) is 1. The minimum absolute atomic E-state index is 0.00952. The molecule has 2 aliphatic rings. The van der Waals surface area contributed by atoms with Crippen LogP contribution in [0.3, 0.4) is 0 Å². The van der Waals surface area contributed by atoms with Gasteiger partial charge >= 0.3 is 7.12 Å². The molecule has 2 aliphatic heterocycles. The van der Waals surface area contributed by atoms with E-state index < -0.39 is 24.1 Å². The molecule has 0 N–H and O–H groups in total. The molecule has 22 heavy (non-hydrogen) atoms. The van der Waals surface area contributed by atoms with E-state index in [1.54, 1.807) is 13.1 Å². The molecule has 4 nitrogen and oxygen atoms in total. The molecule has 0 radical (unpaired) electrons. The summed E-state index contributed by atoms with van der Waals surface area (Å²) in [4.78, 5) is 13.2. The molecule has 1 fully saturated rings. The molecule has 0 saturated carbocycles. The third-order valence-electron chi connectivity index (χ3n) is 5.05. The topological polar surface area (TPSA) is 38.8 Å². The Morgan fingerprint density at radius 3 is 2.32 bits per heavy atom. The van der Waals surface area contributed by atoms with Gasteiger partial charge in [0, 0.05) is 24.6 Å². The number of anilines is 1. The van der Waals surface area contributed by atoms with E-state index in [4.69, 9.17) is 9.31 Å². The molecule has 0 aromatic heterocycles. The van der Waals surface area contributed by atoms with Crippen molar-refractivity contribution in [3.8, 4) is 0 Å². The van der Waals surface area contributed by atoms with Gasteiger partial charge in [-0.05, 0) is 45.7 Å². The Kier molecular flexibility index (Phi) is 3.38. The first-order chi connectivity index (χ1) is 10.1. The second-order valence-corrected chi connectivity index (χ2v) is 7.04. The minimum Gasteiger partial charge on any atom is -0.399 e. The second kappa shape index (κ2) is 4.80. The van der Waals surface area contributed by atoms with Crippen molar-refractivity contribution in [2.45, 2.75) is 51.7 Å². The Bertz CT molecular complexity index is 629. The molecule has 1 saturated heterocycles. The van der Waals surface area contributed by atoms with E-state index in [0.29, 0.717) is 24.0 Å². The lowest BCUT2D eigenvalue weighted by molar-refractivity contribution is -0.118. The van der Waals surface area contributed by atoms with Gasteiger partial charge in [0.1, 0.15) is 5.82 Å². The Balaban J connectivity index is 1.99. The van der Waals surface area contributed by atoms with Gasteiger partial charge in [0.15, 0.2) is 0 Å². The summed E-state index contributed by atoms with van der Waals surface area (Å²) >= 11 is 0. The molecule has 6 heteroatoms. The summed E-state index contributed by atoms with van der Waals surface area (Å²) in [7, 11) is 0.951. The average molecular weight is 305 g/mol. The molecule has 0 atom stereocenters. The van der Waals surface area contributed by atoms with Gasteiger partial charge in [0.05, 0.1) is 11.2 Å². The molecule has 3 rings (SSSR count). The highest BCUT2D eigenvalue weighted by Crippen LogP contribution is 2.37. The van der Waals surface area contributed by atoms with Crippen LogP contribution in [0, 0.1) is 5.82 Å². The van der Waals surface area contributed by atoms with E-state index in [-0.39, 0.29) is 5.91 Å². The monoisotopic (exact) mass is 305 g/mol. The van der Waals surface area contributed by atoms with Gasteiger partial charge < -0.3 is 14.2 Å². The van der Waals surface area contributed by atoms with Crippen LogP contribution in [-0.4, -0.2) is 31.3 Å². The van der Waals surface area contributed by atoms with E-state index in [2.05, 4.69) is 0 Å². The maximum absolute atomic E-state index is 14.5. The van der Waals surface area contributed by atoms with Crippen LogP contribution in [0.25, 0.3) is 0 Å². The normalized spacial score (nSPS) is 22.9. The summed E-state index contributed by atoms with van der Waals surface area (Å²) < 4.78 is 26.4. The quantitative estimate of drug-likeness (QED) is 0.745. The summed E-state index contributed by atoms with van der Waals surface area (Å²) in [5.74, 6) is -0.394. The van der Waals surface area contributed by atoms with Crippen LogP contribution in [0.2, 0.25) is 0 Å². The van der Waals surface area contributed by atoms with Gasteiger partial charge in [-0.3, -0.25) is 4.79 Å². The molecule has 2 heterocycles. The van der Waals surface area contributed by atoms with Gasteiger partial charge in [0.2, 0.25) is 5.91 Å². The van der Waals surface area contributed by atoms with Crippen LogP contribution in [0.5, 0.6) is 0 Å². The van der Waals surface area contributed by atoms with Crippen LogP contribution in [0.15, 0.2) is 12.1 Å². The number of amides is 1. The van der Waals surface area contributed by atoms with E-state index >= 15 is 0 Å². The van der Waals surface area contributed by atoms with Crippen LogP contribution in [0.4, 0.5) is 10.1 Å². The minimum atomic E-state index is -0.724. The molecular weight excluding hydrogens is 284 g/mol. The number of fused-ring (bicyclic) bond motifs is 1. The molecule has 0 unspecified atom stereocenters. The van der Waals surface area contributed by atoms with Crippen molar-refractivity contribution in [1.29, 1.82) is 0 Å². The van der Waals surface area contributed by atoms with Crippen molar-refractivity contribution in [2.75, 3.05) is 11.9 Å². The fourth-order valence-electron chi connectivity index (χ4n) is 2.83. The first kappa shape index (κ1) is 15.5. The lowest BCUT2D eigenvalue weighted by Gasteiger charge is -2.32. The Morgan fingerprint density at radius 2 is 1.73 bits per heavy atom. The first-order valence-electron chi connectivity index (χ1n) is 7.57. The standard InChI is InChI=1S/C16H21BFNO3/c1-15(2)16(3,4)22-17(21-15)11-8-10-6-7-14(20)19(5)13(10)9-12(11)18/h8-9H,6-7H2,1-5H3. The highest BCUT2D eigenvalue weighted by Gasteiger charge is 2.52. The summed E-state index contributed by atoms with van der Waals surface area (Å²) in [5.41, 5.74) is 0.974. The highest BCUT2D eigenvalue weighted by molar-refractivity contribution is 6.62. The molecule has 0 bridgehead atoms. The molecule has 118 valence electrons. The first-order valence-corrected chi connectivity index (χ1v) is 7.57. The van der Waals surface area contributed by atoms with E-state index in [0.717, 1.165) is 5.56 Å². The van der Waals surface area contributed by atoms with Crippen LogP contribution in [-0.2, 0) is 20.5 Å². The SMILES string of the molecule is CN1C(=O)CCc2cc(B3OC(C)(C)C(C)(C)O3)c(F)cc21. The summed E-state index contributed by atoms with van der Waals surface area (Å²) in [6.45, 7) is 7.76. The number of hydrogen-bond acceptors (Lipinski definition) is 3. The molecule has 0 aliphatic carbocycles. The number of halogens is 1. The van der Waals surface area contributed by atoms with E-state index in [1.807, 2.05) is 27.7 Å². The summed E-state index contributed by atoms with van der Waals surface area (Å²) in [6.07, 6.45) is 1.06. The van der Waals surface area contributed by atoms with Crippen molar-refractivity contribution < 1.29 is 18.5 Å². The fraction of sp³-hybridized carbons (Fsp3) is 0.562. The highest BCUT2D eigenvalue weighted by atomic mass is 19.1. The predicted octanol–water partition coefficient (Wildman–Crippen LogP) is 2.03. The summed E-state index contributed by atoms with van der Waals surface area (Å²) in [5, 5.41) is 0. The predicted molar refractivity (Wildman–Crippen MR) is 83.8 cm³/mol. The lowest BCUT2D eigenvalue weighted by atomic mass is 9.77. The largest absolute Gasteiger partial charge is 0.497 e. The lowest BCUT2D eigenvalue weighted by Crippen LogP contribution is -2.41. The Hall–Kier alpha value is -1.40. The third kappa shape index (κ3) is 2.25. The number of carbonyl (C=O) groups excluding carboxylic acids is 1. The number of aryl methyl sites for hydroxylation is 1. The Labute approximate surface area is 130 Å². The van der Waals surface area contributed by atoms with Crippen LogP contribution >= 0.6 is 0 Å². The van der Waals surface area contributed by atoms with Gasteiger partial charge in [-0.2, -0.15) is 0 Å². The Morgan fingerprint density at radius 1 is 1.14 bits per heavy atom. The summed E-state index contributed by atoms with van der Waals surface area (Å²) in [6, 6.07) is 3.18. The molecule has 1 aromatic rings. The molecule has 1 amide bonds. The molecular formula is C16H21BFNO3. The smallest absolute Gasteiger partial charge is 0.399 e. The zero-order valence-electron chi connectivity index (χ0n) is 13.7. The molecule has 0 spiro atoms. The van der Waals surface area contributed by atoms with Gasteiger partial charge in [0.25, 0.3) is 0 Å². The van der Waals surface area contributed by atoms with Gasteiger partial charge in [-0.15, -0.1) is 0 Å². The van der Waals surface area contributed by atoms with Crippen LogP contribution < -0.4 is 10.4 Å². The maximum Gasteiger partial charge on any atom is 0.497 e. The van der Waals surface area contributed by atoms with Gasteiger partial charge in [-0.25, -0.2) is 4.39 Å². The van der Waals surface area contributed by atoms with Crippen molar-refractivity contribution in [3.05, 3.63) is 23.5 Å². The number of rotatable bonds is 1. The number of hydrogen-bond donors (Lipinski definition) is 0. The second-order valence-electron chi connectivity index (χ2n) is 7.04. The van der Waals surface area contributed by atoms with Gasteiger partial charge in [-0.1, -0.05) is 6.07 Å². The zero-order chi connectivity index (χ0) is 16.3. The maximum atomic E-state index is 14.5.